The third-order valence-corrected chi connectivity index (χ3v) is 6.58. The minimum Gasteiger partial charge on any atom is -0.411 e. The van der Waals surface area contributed by atoms with E-state index in [2.05, 4.69) is 0 Å². The van der Waals surface area contributed by atoms with Gasteiger partial charge in [-0.15, -0.1) is 0 Å². The van der Waals surface area contributed by atoms with Gasteiger partial charge in [-0.05, 0) is 86.4 Å². The highest BCUT2D eigenvalue weighted by molar-refractivity contribution is 6.54. The summed E-state index contributed by atoms with van der Waals surface area (Å²) in [5, 5.41) is 0. The highest BCUT2D eigenvalue weighted by atomic mass is 19.1. The van der Waals surface area contributed by atoms with Gasteiger partial charge in [0.15, 0.2) is 5.75 Å². The number of amides is 1. The van der Waals surface area contributed by atoms with Crippen molar-refractivity contribution in [1.82, 2.24) is 4.90 Å². The van der Waals surface area contributed by atoms with Crippen LogP contribution in [0, 0.1) is 18.7 Å². The molecule has 36 heavy (non-hydrogen) atoms. The normalized spacial score (nSPS) is 14.2. The van der Waals surface area contributed by atoms with Crippen LogP contribution in [0.25, 0.3) is 5.57 Å². The van der Waals surface area contributed by atoms with Crippen molar-refractivity contribution in [1.29, 1.82) is 0 Å². The predicted molar refractivity (Wildman–Crippen MR) is 140 cm³/mol. The smallest absolute Gasteiger partial charge is 0.257 e. The molecule has 194 valence electrons. The van der Waals surface area contributed by atoms with E-state index in [0.717, 1.165) is 24.8 Å². The maximum Gasteiger partial charge on any atom is 0.257 e. The zero-order valence-corrected chi connectivity index (χ0v) is 20.6. The molecule has 1 fully saturated rings. The zero-order valence-electron chi connectivity index (χ0n) is 20.6. The average molecular weight is 497 g/mol. The number of nitrogens with two attached hydrogens (primary N) is 1. The lowest BCUT2D eigenvalue weighted by atomic mass is 9.89. The van der Waals surface area contributed by atoms with Crippen molar-refractivity contribution in [3.8, 4) is 5.75 Å². The Kier molecular flexibility index (Phi) is 10.5. The van der Waals surface area contributed by atoms with Crippen LogP contribution >= 0.6 is 0 Å². The third kappa shape index (κ3) is 6.66. The number of Topliss-reactive ketones (excluding diaryl/α,β-unsaturated/α-hetero) is 2. The first-order valence-corrected chi connectivity index (χ1v) is 12.1. The molecule has 1 amide bonds. The van der Waals surface area contributed by atoms with Crippen molar-refractivity contribution in [2.45, 2.75) is 60.3 Å². The quantitative estimate of drug-likeness (QED) is 0.283. The van der Waals surface area contributed by atoms with Crippen LogP contribution in [0.5, 0.6) is 5.75 Å². The van der Waals surface area contributed by atoms with E-state index >= 15 is 0 Å². The number of carbonyl (C=O) groups is 3. The zero-order chi connectivity index (χ0) is 25.5. The van der Waals surface area contributed by atoms with E-state index in [0.29, 0.717) is 36.6 Å². The average Bonchev–Trinajstić information content (AvgIpc) is 2.86. The minimum absolute atomic E-state index is 0. The van der Waals surface area contributed by atoms with Gasteiger partial charge in [0, 0.05) is 25.1 Å². The Morgan fingerprint density at radius 3 is 2.31 bits per heavy atom. The second kappa shape index (κ2) is 13.1. The van der Waals surface area contributed by atoms with Gasteiger partial charge < -0.3 is 9.74 Å². The number of hydrogen-bond acceptors (Lipinski definition) is 5. The van der Waals surface area contributed by atoms with Gasteiger partial charge in [-0.25, -0.2) is 4.39 Å². The molecular formula is C29H37FN2O4. The predicted octanol–water partition coefficient (Wildman–Crippen LogP) is 5.46. The summed E-state index contributed by atoms with van der Waals surface area (Å²) in [5.41, 5.74) is 2.83. The van der Waals surface area contributed by atoms with Gasteiger partial charge in [-0.1, -0.05) is 32.6 Å². The molecule has 0 aliphatic carbocycles. The molecule has 0 spiro atoms. The number of allylic oxidation sites excluding steroid dienone is 2. The van der Waals surface area contributed by atoms with Crippen molar-refractivity contribution >= 4 is 23.0 Å². The molecule has 1 aliphatic rings. The highest BCUT2D eigenvalue weighted by Crippen LogP contribution is 2.31. The Hall–Kier alpha value is -3.32. The molecular weight excluding hydrogens is 459 g/mol. The van der Waals surface area contributed by atoms with Crippen LogP contribution in [0.3, 0.4) is 0 Å². The maximum absolute atomic E-state index is 13.4. The number of aryl methyl sites for hydroxylation is 1. The molecule has 0 saturated carbocycles. The Morgan fingerprint density at radius 2 is 1.75 bits per heavy atom. The summed E-state index contributed by atoms with van der Waals surface area (Å²) in [5.74, 6) is 4.63. The summed E-state index contributed by atoms with van der Waals surface area (Å²) in [6, 6.07) is 9.78. The van der Waals surface area contributed by atoms with Gasteiger partial charge in [0.1, 0.15) is 5.82 Å². The molecule has 0 radical (unpaired) electrons. The van der Waals surface area contributed by atoms with Crippen LogP contribution in [0.2, 0.25) is 0 Å². The summed E-state index contributed by atoms with van der Waals surface area (Å²) in [6.07, 6.45) is 4.86. The Morgan fingerprint density at radius 1 is 1.11 bits per heavy atom. The van der Waals surface area contributed by atoms with Gasteiger partial charge in [-0.2, -0.15) is 5.90 Å². The largest absolute Gasteiger partial charge is 0.411 e. The summed E-state index contributed by atoms with van der Waals surface area (Å²) in [6.45, 7) is 6.48. The molecule has 2 aromatic rings. The molecule has 2 aromatic carbocycles. The second-order valence-corrected chi connectivity index (χ2v) is 9.05. The van der Waals surface area contributed by atoms with E-state index in [1.807, 2.05) is 6.92 Å². The molecule has 0 bridgehead atoms. The van der Waals surface area contributed by atoms with Gasteiger partial charge >= 0.3 is 0 Å². The topological polar surface area (TPSA) is 89.7 Å². The lowest BCUT2D eigenvalue weighted by molar-refractivity contribution is -0.133. The fourth-order valence-electron chi connectivity index (χ4n) is 4.60. The molecule has 3 rings (SSSR count). The first kappa shape index (κ1) is 28.9. The number of ketones is 2. The lowest BCUT2D eigenvalue weighted by Gasteiger charge is -2.32. The van der Waals surface area contributed by atoms with Crippen molar-refractivity contribution < 1.29 is 23.6 Å². The summed E-state index contributed by atoms with van der Waals surface area (Å²) in [7, 11) is 0. The van der Waals surface area contributed by atoms with Crippen LogP contribution in [-0.2, 0) is 16.0 Å². The monoisotopic (exact) mass is 496 g/mol. The van der Waals surface area contributed by atoms with E-state index in [-0.39, 0.29) is 42.5 Å². The highest BCUT2D eigenvalue weighted by Gasteiger charge is 2.28. The summed E-state index contributed by atoms with van der Waals surface area (Å²) >= 11 is 0. The van der Waals surface area contributed by atoms with Crippen molar-refractivity contribution in [2.75, 3.05) is 13.1 Å². The number of benzene rings is 2. The molecule has 6 nitrogen and oxygen atoms in total. The van der Waals surface area contributed by atoms with Crippen molar-refractivity contribution in [2.24, 2.45) is 11.8 Å². The lowest BCUT2D eigenvalue weighted by Crippen LogP contribution is -2.39. The Labute approximate surface area is 213 Å². The fourth-order valence-corrected chi connectivity index (χ4v) is 4.60. The molecule has 7 heteroatoms. The SMILES string of the molecule is C.C/C=C(/C(=O)C(=O)CCC)c1cc(C(=O)N2CCC(Cc3ccc(F)cc3)CC2)c(ON)cc1C. The second-order valence-electron chi connectivity index (χ2n) is 9.05. The number of nitrogens with zero attached hydrogens (tertiary/aromatic N) is 1. The van der Waals surface area contributed by atoms with E-state index in [1.165, 1.54) is 12.1 Å². The number of likely N-dealkylation sites (tertiary alicyclic amines) is 1. The van der Waals surface area contributed by atoms with E-state index in [4.69, 9.17) is 10.7 Å². The molecule has 0 atom stereocenters. The summed E-state index contributed by atoms with van der Waals surface area (Å²) in [4.78, 5) is 45.3. The summed E-state index contributed by atoms with van der Waals surface area (Å²) < 4.78 is 13.2. The fraction of sp³-hybridized carbons (Fsp3) is 0.414. The van der Waals surface area contributed by atoms with Gasteiger partial charge in [0.25, 0.3) is 5.91 Å². The molecule has 1 saturated heterocycles. The number of carbonyl (C=O) groups excluding carboxylic acids is 3. The molecule has 2 N–H and O–H groups in total. The maximum atomic E-state index is 13.4. The minimum atomic E-state index is -0.557. The van der Waals surface area contributed by atoms with E-state index in [9.17, 15) is 18.8 Å². The van der Waals surface area contributed by atoms with Gasteiger partial charge in [-0.3, -0.25) is 14.4 Å². The number of hydrogen-bond donors (Lipinski definition) is 1. The van der Waals surface area contributed by atoms with Crippen molar-refractivity contribution in [3.05, 3.63) is 70.5 Å². The first-order valence-electron chi connectivity index (χ1n) is 12.1. The number of piperidine rings is 1. The number of halogens is 1. The van der Waals surface area contributed by atoms with Crippen LogP contribution < -0.4 is 10.7 Å². The van der Waals surface area contributed by atoms with E-state index < -0.39 is 11.6 Å². The van der Waals surface area contributed by atoms with Crippen molar-refractivity contribution in [3.63, 3.8) is 0 Å². The van der Waals surface area contributed by atoms with E-state index in [1.54, 1.807) is 49.1 Å². The van der Waals surface area contributed by atoms with Crippen LogP contribution in [0.1, 0.15) is 74.0 Å². The number of rotatable bonds is 9. The third-order valence-electron chi connectivity index (χ3n) is 6.58. The van der Waals surface area contributed by atoms with Crippen LogP contribution in [0.4, 0.5) is 4.39 Å². The van der Waals surface area contributed by atoms with Gasteiger partial charge in [0.2, 0.25) is 11.6 Å². The van der Waals surface area contributed by atoms with Crippen LogP contribution in [-0.4, -0.2) is 35.5 Å². The molecule has 0 unspecified atom stereocenters. The Balaban J connectivity index is 0.00000456. The standard InChI is InChI=1S/C28H33FN2O4.CH4/c1-4-6-25(32)27(33)22(5-2)23-17-24(26(35-30)15-18(23)3)28(34)31-13-11-20(12-14-31)16-19-7-9-21(29)10-8-19;/h5,7-10,15,17,20H,4,6,11-14,16,30H2,1-3H3;1H4/b22-5+;. The van der Waals surface area contributed by atoms with Gasteiger partial charge in [0.05, 0.1) is 5.56 Å². The molecule has 0 aromatic heterocycles. The Bertz CT molecular complexity index is 1120. The first-order chi connectivity index (χ1) is 16.8. The van der Waals surface area contributed by atoms with Crippen LogP contribution in [0.15, 0.2) is 42.5 Å². The molecule has 1 heterocycles. The molecule has 1 aliphatic heterocycles.